The molecule has 1 aromatic rings. The molecule has 20 heavy (non-hydrogen) atoms. The highest BCUT2D eigenvalue weighted by molar-refractivity contribution is 5.96. The SMILES string of the molecule is CCCCCC(C)NC(=O)c1cccc(NC(C)=O)c1. The van der Waals surface area contributed by atoms with E-state index in [-0.39, 0.29) is 17.9 Å². The molecule has 0 aliphatic carbocycles. The minimum atomic E-state index is -0.143. The van der Waals surface area contributed by atoms with Gasteiger partial charge in [-0.2, -0.15) is 0 Å². The molecule has 0 saturated heterocycles. The van der Waals surface area contributed by atoms with E-state index < -0.39 is 0 Å². The van der Waals surface area contributed by atoms with Crippen LogP contribution in [0.15, 0.2) is 24.3 Å². The zero-order valence-corrected chi connectivity index (χ0v) is 12.5. The molecule has 1 rings (SSSR count). The van der Waals surface area contributed by atoms with Crippen LogP contribution in [0.5, 0.6) is 0 Å². The maximum Gasteiger partial charge on any atom is 0.251 e. The van der Waals surface area contributed by atoms with Gasteiger partial charge in [0.05, 0.1) is 0 Å². The fourth-order valence-corrected chi connectivity index (χ4v) is 2.02. The van der Waals surface area contributed by atoms with Gasteiger partial charge in [0.1, 0.15) is 0 Å². The molecule has 0 aliphatic rings. The summed E-state index contributed by atoms with van der Waals surface area (Å²) < 4.78 is 0. The summed E-state index contributed by atoms with van der Waals surface area (Å²) in [4.78, 5) is 23.1. The molecule has 0 radical (unpaired) electrons. The van der Waals surface area contributed by atoms with Gasteiger partial charge >= 0.3 is 0 Å². The van der Waals surface area contributed by atoms with Gasteiger partial charge < -0.3 is 10.6 Å². The van der Waals surface area contributed by atoms with Crippen molar-refractivity contribution in [2.24, 2.45) is 0 Å². The average Bonchev–Trinajstić information content (AvgIpc) is 2.38. The lowest BCUT2D eigenvalue weighted by Crippen LogP contribution is -2.32. The lowest BCUT2D eigenvalue weighted by atomic mass is 10.1. The molecule has 2 amide bonds. The predicted octanol–water partition coefficient (Wildman–Crippen LogP) is 3.34. The van der Waals surface area contributed by atoms with Crippen LogP contribution in [0.3, 0.4) is 0 Å². The molecule has 0 aromatic heterocycles. The van der Waals surface area contributed by atoms with E-state index in [1.165, 1.54) is 19.8 Å². The summed E-state index contributed by atoms with van der Waals surface area (Å²) in [5.74, 6) is -0.239. The van der Waals surface area contributed by atoms with Crippen molar-refractivity contribution in [2.45, 2.75) is 52.5 Å². The van der Waals surface area contributed by atoms with Crippen LogP contribution in [-0.2, 0) is 4.79 Å². The first kappa shape index (κ1) is 16.2. The van der Waals surface area contributed by atoms with Crippen LogP contribution in [0.1, 0.15) is 56.8 Å². The maximum atomic E-state index is 12.1. The first-order valence-corrected chi connectivity index (χ1v) is 7.21. The number of unbranched alkanes of at least 4 members (excludes halogenated alkanes) is 2. The third kappa shape index (κ3) is 5.87. The number of nitrogens with one attached hydrogen (secondary N) is 2. The second kappa shape index (κ2) is 8.35. The van der Waals surface area contributed by atoms with Gasteiger partial charge in [-0.1, -0.05) is 32.3 Å². The number of benzene rings is 1. The van der Waals surface area contributed by atoms with E-state index in [0.717, 1.165) is 12.8 Å². The average molecular weight is 276 g/mol. The summed E-state index contributed by atoms with van der Waals surface area (Å²) in [5, 5.41) is 5.66. The highest BCUT2D eigenvalue weighted by atomic mass is 16.2. The van der Waals surface area contributed by atoms with E-state index in [0.29, 0.717) is 11.3 Å². The standard InChI is InChI=1S/C16H24N2O2/c1-4-5-6-8-12(2)17-16(20)14-9-7-10-15(11-14)18-13(3)19/h7,9-12H,4-6,8H2,1-3H3,(H,17,20)(H,18,19). The van der Waals surface area contributed by atoms with Crippen LogP contribution in [-0.4, -0.2) is 17.9 Å². The molecule has 1 aromatic carbocycles. The number of hydrogen-bond donors (Lipinski definition) is 2. The van der Waals surface area contributed by atoms with Gasteiger partial charge in [0.15, 0.2) is 0 Å². The van der Waals surface area contributed by atoms with Crippen molar-refractivity contribution < 1.29 is 9.59 Å². The van der Waals surface area contributed by atoms with Crippen molar-refractivity contribution >= 4 is 17.5 Å². The zero-order valence-electron chi connectivity index (χ0n) is 12.5. The second-order valence-corrected chi connectivity index (χ2v) is 5.13. The summed E-state index contributed by atoms with van der Waals surface area (Å²) in [5.41, 5.74) is 1.21. The van der Waals surface area contributed by atoms with Gasteiger partial charge in [-0.3, -0.25) is 9.59 Å². The molecule has 2 N–H and O–H groups in total. The van der Waals surface area contributed by atoms with Crippen molar-refractivity contribution in [1.82, 2.24) is 5.32 Å². The zero-order chi connectivity index (χ0) is 15.0. The van der Waals surface area contributed by atoms with Crippen LogP contribution in [0.2, 0.25) is 0 Å². The van der Waals surface area contributed by atoms with E-state index in [4.69, 9.17) is 0 Å². The van der Waals surface area contributed by atoms with E-state index >= 15 is 0 Å². The van der Waals surface area contributed by atoms with Crippen LogP contribution < -0.4 is 10.6 Å². The molecule has 0 heterocycles. The molecular formula is C16H24N2O2. The molecule has 4 nitrogen and oxygen atoms in total. The van der Waals surface area contributed by atoms with Crippen molar-refractivity contribution in [1.29, 1.82) is 0 Å². The van der Waals surface area contributed by atoms with Crippen molar-refractivity contribution in [3.05, 3.63) is 29.8 Å². The molecule has 0 fully saturated rings. The number of rotatable bonds is 7. The Morgan fingerprint density at radius 2 is 2.00 bits per heavy atom. The maximum absolute atomic E-state index is 12.1. The molecule has 0 spiro atoms. The van der Waals surface area contributed by atoms with E-state index in [9.17, 15) is 9.59 Å². The van der Waals surface area contributed by atoms with Crippen molar-refractivity contribution in [2.75, 3.05) is 5.32 Å². The number of amides is 2. The fraction of sp³-hybridized carbons (Fsp3) is 0.500. The number of carbonyl (C=O) groups excluding carboxylic acids is 2. The van der Waals surface area contributed by atoms with Crippen LogP contribution in [0.4, 0.5) is 5.69 Å². The Labute approximate surface area is 121 Å². The molecule has 0 bridgehead atoms. The molecule has 0 saturated carbocycles. The molecule has 0 aliphatic heterocycles. The minimum Gasteiger partial charge on any atom is -0.350 e. The van der Waals surface area contributed by atoms with Crippen LogP contribution in [0.25, 0.3) is 0 Å². The molecule has 1 unspecified atom stereocenters. The normalized spacial score (nSPS) is 11.8. The Hall–Kier alpha value is -1.84. The van der Waals surface area contributed by atoms with Crippen LogP contribution in [0, 0.1) is 0 Å². The minimum absolute atomic E-state index is 0.0961. The van der Waals surface area contributed by atoms with Gasteiger partial charge in [-0.05, 0) is 31.5 Å². The summed E-state index contributed by atoms with van der Waals surface area (Å²) in [6.45, 7) is 5.63. The molecule has 110 valence electrons. The Bertz CT molecular complexity index is 458. The summed E-state index contributed by atoms with van der Waals surface area (Å²) in [7, 11) is 0. The first-order valence-electron chi connectivity index (χ1n) is 7.21. The predicted molar refractivity (Wildman–Crippen MR) is 81.8 cm³/mol. The fourth-order valence-electron chi connectivity index (χ4n) is 2.02. The topological polar surface area (TPSA) is 58.2 Å². The quantitative estimate of drug-likeness (QED) is 0.750. The van der Waals surface area contributed by atoms with Crippen molar-refractivity contribution in [3.8, 4) is 0 Å². The smallest absolute Gasteiger partial charge is 0.251 e. The monoisotopic (exact) mass is 276 g/mol. The summed E-state index contributed by atoms with van der Waals surface area (Å²) in [6, 6.07) is 7.14. The van der Waals surface area contributed by atoms with E-state index in [1.54, 1.807) is 24.3 Å². The van der Waals surface area contributed by atoms with Gasteiger partial charge in [0.2, 0.25) is 5.91 Å². The Balaban J connectivity index is 2.56. The lowest BCUT2D eigenvalue weighted by Gasteiger charge is -2.14. The van der Waals surface area contributed by atoms with Gasteiger partial charge in [0.25, 0.3) is 5.91 Å². The molecular weight excluding hydrogens is 252 g/mol. The number of anilines is 1. The first-order chi connectivity index (χ1) is 9.52. The van der Waals surface area contributed by atoms with Crippen LogP contribution >= 0.6 is 0 Å². The highest BCUT2D eigenvalue weighted by Crippen LogP contribution is 2.11. The number of carbonyl (C=O) groups is 2. The lowest BCUT2D eigenvalue weighted by molar-refractivity contribution is -0.114. The van der Waals surface area contributed by atoms with Gasteiger partial charge in [-0.25, -0.2) is 0 Å². The molecule has 1 atom stereocenters. The van der Waals surface area contributed by atoms with Gasteiger partial charge in [-0.15, -0.1) is 0 Å². The third-order valence-electron chi connectivity index (χ3n) is 3.06. The van der Waals surface area contributed by atoms with Gasteiger partial charge in [0, 0.05) is 24.2 Å². The Morgan fingerprint density at radius 3 is 2.65 bits per heavy atom. The second-order valence-electron chi connectivity index (χ2n) is 5.13. The third-order valence-corrected chi connectivity index (χ3v) is 3.06. The largest absolute Gasteiger partial charge is 0.350 e. The van der Waals surface area contributed by atoms with Crippen molar-refractivity contribution in [3.63, 3.8) is 0 Å². The number of hydrogen-bond acceptors (Lipinski definition) is 2. The Morgan fingerprint density at radius 1 is 1.25 bits per heavy atom. The summed E-state index contributed by atoms with van der Waals surface area (Å²) >= 11 is 0. The molecule has 4 heteroatoms. The van der Waals surface area contributed by atoms with E-state index in [1.807, 2.05) is 6.92 Å². The summed E-state index contributed by atoms with van der Waals surface area (Å²) in [6.07, 6.45) is 4.49. The van der Waals surface area contributed by atoms with E-state index in [2.05, 4.69) is 17.6 Å². The Kier molecular flexibility index (Phi) is 6.77. The highest BCUT2D eigenvalue weighted by Gasteiger charge is 2.10.